The van der Waals surface area contributed by atoms with E-state index in [1.54, 1.807) is 0 Å². The topological polar surface area (TPSA) is 175 Å². The first-order valence-electron chi connectivity index (χ1n) is 30.3. The lowest BCUT2D eigenvalue weighted by atomic mass is 9.98. The van der Waals surface area contributed by atoms with Crippen molar-refractivity contribution in [2.24, 2.45) is 0 Å². The van der Waals surface area contributed by atoms with Crippen LogP contribution in [0.15, 0.2) is 60.8 Å². The molecule has 12 nitrogen and oxygen atoms in total. The van der Waals surface area contributed by atoms with Gasteiger partial charge in [-0.05, 0) is 103 Å². The van der Waals surface area contributed by atoms with E-state index in [0.717, 1.165) is 109 Å². The van der Waals surface area contributed by atoms with E-state index in [9.17, 15) is 34.5 Å². The molecule has 0 aliphatic carbocycles. The van der Waals surface area contributed by atoms with Crippen LogP contribution in [-0.4, -0.2) is 89.2 Å². The number of carbonyl (C=O) groups is 4. The fraction of sp³-hybridized carbons (Fsp3) is 0.778. The number of carboxylic acids is 1. The summed E-state index contributed by atoms with van der Waals surface area (Å²) in [5, 5.41) is 31.5. The average Bonchev–Trinajstić information content (AvgIpc) is 3.39. The molecule has 1 rings (SSSR count). The first-order chi connectivity index (χ1) is 36.6. The maximum atomic E-state index is 13.1. The van der Waals surface area contributed by atoms with Crippen LogP contribution in [0.5, 0.6) is 0 Å². The Labute approximate surface area is 456 Å². The van der Waals surface area contributed by atoms with E-state index in [2.05, 4.69) is 81.5 Å². The maximum Gasteiger partial charge on any atom is 0.335 e. The van der Waals surface area contributed by atoms with Crippen LogP contribution in [0.2, 0.25) is 0 Å². The Kier molecular flexibility index (Phi) is 47.4. The number of rotatable bonds is 51. The van der Waals surface area contributed by atoms with Crippen molar-refractivity contribution < 1.29 is 58.2 Å². The molecule has 12 heteroatoms. The van der Waals surface area contributed by atoms with Crippen molar-refractivity contribution in [3.05, 3.63) is 60.8 Å². The SMILES string of the molecule is CC/C=C\C/C=C\C/C=C\CCCCCC(=O)OC(COC(=O)CCCCCCC/C=C\CCCCCCCC)COC1OC(C(=O)O)C(O)C(O)C1OC(=O)CCCCCCCCC/C=C\CCCCCCCC. The van der Waals surface area contributed by atoms with E-state index in [1.165, 1.54) is 96.3 Å². The average molecular weight is 1060 g/mol. The second kappa shape index (κ2) is 51.2. The van der Waals surface area contributed by atoms with Gasteiger partial charge in [0.1, 0.15) is 18.8 Å². The van der Waals surface area contributed by atoms with Crippen LogP contribution in [0, 0.1) is 0 Å². The minimum atomic E-state index is -1.91. The van der Waals surface area contributed by atoms with Crippen molar-refractivity contribution in [3.63, 3.8) is 0 Å². The number of carboxylic acid groups (broad SMARTS) is 1. The number of unbranched alkanes of at least 4 members (excludes halogenated alkanes) is 27. The number of aliphatic carboxylic acids is 1. The summed E-state index contributed by atoms with van der Waals surface area (Å²) in [6.45, 7) is 5.85. The van der Waals surface area contributed by atoms with E-state index in [0.29, 0.717) is 19.3 Å². The summed E-state index contributed by atoms with van der Waals surface area (Å²) in [5.74, 6) is -3.17. The summed E-state index contributed by atoms with van der Waals surface area (Å²) in [5.41, 5.74) is 0. The highest BCUT2D eigenvalue weighted by molar-refractivity contribution is 5.74. The first-order valence-corrected chi connectivity index (χ1v) is 30.3. The van der Waals surface area contributed by atoms with E-state index in [-0.39, 0.29) is 25.9 Å². The summed E-state index contributed by atoms with van der Waals surface area (Å²) in [6.07, 6.45) is 50.5. The van der Waals surface area contributed by atoms with Crippen molar-refractivity contribution in [2.75, 3.05) is 13.2 Å². The molecule has 0 saturated carbocycles. The molecule has 0 bridgehead atoms. The van der Waals surface area contributed by atoms with Gasteiger partial charge in [-0.25, -0.2) is 4.79 Å². The number of ether oxygens (including phenoxy) is 5. The van der Waals surface area contributed by atoms with Crippen molar-refractivity contribution >= 4 is 23.9 Å². The summed E-state index contributed by atoms with van der Waals surface area (Å²) in [4.78, 5) is 51.1. The molecule has 0 aromatic heterocycles. The molecule has 3 N–H and O–H groups in total. The van der Waals surface area contributed by atoms with Crippen molar-refractivity contribution in [3.8, 4) is 0 Å². The normalized spacial score (nSPS) is 18.5. The van der Waals surface area contributed by atoms with Crippen molar-refractivity contribution in [1.29, 1.82) is 0 Å². The van der Waals surface area contributed by atoms with Gasteiger partial charge < -0.3 is 39.0 Å². The zero-order valence-electron chi connectivity index (χ0n) is 47.5. The molecule has 6 atom stereocenters. The highest BCUT2D eigenvalue weighted by Crippen LogP contribution is 2.26. The Morgan fingerprint density at radius 3 is 1.31 bits per heavy atom. The van der Waals surface area contributed by atoms with Crippen molar-refractivity contribution in [2.45, 2.75) is 302 Å². The molecule has 1 saturated heterocycles. The van der Waals surface area contributed by atoms with Gasteiger partial charge in [-0.1, -0.05) is 204 Å². The second-order valence-electron chi connectivity index (χ2n) is 20.6. The number of carbonyl (C=O) groups excluding carboxylic acids is 3. The second-order valence-corrected chi connectivity index (χ2v) is 20.6. The molecule has 1 aliphatic rings. The summed E-state index contributed by atoms with van der Waals surface area (Å²) < 4.78 is 28.4. The molecular formula is C63H108O12. The van der Waals surface area contributed by atoms with Gasteiger partial charge in [0.15, 0.2) is 24.6 Å². The molecule has 0 aromatic carbocycles. The summed E-state index contributed by atoms with van der Waals surface area (Å²) >= 11 is 0. The molecule has 6 unspecified atom stereocenters. The van der Waals surface area contributed by atoms with Gasteiger partial charge in [0, 0.05) is 19.3 Å². The highest BCUT2D eigenvalue weighted by Gasteiger charge is 2.50. The smallest absolute Gasteiger partial charge is 0.335 e. The summed E-state index contributed by atoms with van der Waals surface area (Å²) in [6, 6.07) is 0. The number of aliphatic hydroxyl groups excluding tert-OH is 2. The number of aliphatic hydroxyl groups is 2. The minimum Gasteiger partial charge on any atom is -0.479 e. The first kappa shape index (κ1) is 69.4. The zero-order chi connectivity index (χ0) is 54.7. The Morgan fingerprint density at radius 2 is 0.840 bits per heavy atom. The van der Waals surface area contributed by atoms with Crippen LogP contribution >= 0.6 is 0 Å². The molecule has 1 aliphatic heterocycles. The lowest BCUT2D eigenvalue weighted by molar-refractivity contribution is -0.301. The van der Waals surface area contributed by atoms with Gasteiger partial charge in [-0.2, -0.15) is 0 Å². The van der Waals surface area contributed by atoms with Crippen LogP contribution in [0.25, 0.3) is 0 Å². The monoisotopic (exact) mass is 1060 g/mol. The number of esters is 3. The van der Waals surface area contributed by atoms with E-state index < -0.39 is 67.3 Å². The van der Waals surface area contributed by atoms with E-state index in [1.807, 2.05) is 0 Å². The number of hydrogen-bond donors (Lipinski definition) is 3. The van der Waals surface area contributed by atoms with Crippen LogP contribution in [0.4, 0.5) is 0 Å². The molecule has 75 heavy (non-hydrogen) atoms. The third-order valence-corrected chi connectivity index (χ3v) is 13.5. The van der Waals surface area contributed by atoms with Gasteiger partial charge in [0.05, 0.1) is 6.61 Å². The number of hydrogen-bond acceptors (Lipinski definition) is 11. The number of allylic oxidation sites excluding steroid dienone is 10. The third-order valence-electron chi connectivity index (χ3n) is 13.5. The Hall–Kier alpha value is -3.58. The predicted molar refractivity (Wildman–Crippen MR) is 303 cm³/mol. The molecule has 0 radical (unpaired) electrons. The van der Waals surface area contributed by atoms with Crippen LogP contribution < -0.4 is 0 Å². The standard InChI is InChI=1S/C63H108O12/c1-4-7-10-13-16-19-22-25-27-28-30-33-36-39-42-45-48-51-57(66)74-61-59(68)58(67)60(62(69)70)75-63(61)72-53-54(73-56(65)50-47-44-41-38-35-31-24-21-18-15-12-9-6-3)52-71-55(64)49-46-43-40-37-34-32-29-26-23-20-17-14-11-8-5-2/h9,12,18,21,25-27,29,31,35,54,58-61,63,67-68H,4-8,10-11,13-17,19-20,22-24,28,30,32-34,36-53H2,1-3H3,(H,69,70)/b12-9-,21-18-,27-25-,29-26-,35-31-. The van der Waals surface area contributed by atoms with Gasteiger partial charge in [0.2, 0.25) is 0 Å². The largest absolute Gasteiger partial charge is 0.479 e. The highest BCUT2D eigenvalue weighted by atomic mass is 16.7. The van der Waals surface area contributed by atoms with Crippen LogP contribution in [0.3, 0.4) is 0 Å². The predicted octanol–water partition coefficient (Wildman–Crippen LogP) is 15.6. The third kappa shape index (κ3) is 41.2. The van der Waals surface area contributed by atoms with Crippen LogP contribution in [0.1, 0.15) is 265 Å². The summed E-state index contributed by atoms with van der Waals surface area (Å²) in [7, 11) is 0. The minimum absolute atomic E-state index is 0.0511. The quantitative estimate of drug-likeness (QED) is 0.0228. The lowest BCUT2D eigenvalue weighted by Crippen LogP contribution is -2.61. The molecule has 432 valence electrons. The molecule has 0 amide bonds. The fourth-order valence-electron chi connectivity index (χ4n) is 8.90. The van der Waals surface area contributed by atoms with Gasteiger partial charge >= 0.3 is 23.9 Å². The van der Waals surface area contributed by atoms with Crippen molar-refractivity contribution in [1.82, 2.24) is 0 Å². The molecule has 0 spiro atoms. The Morgan fingerprint density at radius 1 is 0.453 bits per heavy atom. The Bertz CT molecular complexity index is 1540. The molecule has 1 fully saturated rings. The van der Waals surface area contributed by atoms with Gasteiger partial charge in [0.25, 0.3) is 0 Å². The Balaban J connectivity index is 2.69. The molecule has 0 aromatic rings. The van der Waals surface area contributed by atoms with Gasteiger partial charge in [-0.3, -0.25) is 14.4 Å². The fourth-order valence-corrected chi connectivity index (χ4v) is 8.90. The lowest BCUT2D eigenvalue weighted by Gasteiger charge is -2.40. The van der Waals surface area contributed by atoms with E-state index in [4.69, 9.17) is 23.7 Å². The van der Waals surface area contributed by atoms with E-state index >= 15 is 0 Å². The zero-order valence-corrected chi connectivity index (χ0v) is 47.5. The van der Waals surface area contributed by atoms with Crippen LogP contribution in [-0.2, 0) is 42.9 Å². The molecule has 1 heterocycles. The van der Waals surface area contributed by atoms with Gasteiger partial charge in [-0.15, -0.1) is 0 Å². The molecular weight excluding hydrogens is 949 g/mol. The maximum absolute atomic E-state index is 13.1.